The molecule has 3 aromatic heterocycles. The summed E-state index contributed by atoms with van der Waals surface area (Å²) < 4.78 is 0. The van der Waals surface area contributed by atoms with Crippen LogP contribution < -0.4 is 0 Å². The van der Waals surface area contributed by atoms with Crippen molar-refractivity contribution in [2.24, 2.45) is 0 Å². The number of aryl methyl sites for hydroxylation is 2. The van der Waals surface area contributed by atoms with Gasteiger partial charge >= 0.3 is 0 Å². The van der Waals surface area contributed by atoms with Gasteiger partial charge in [-0.3, -0.25) is 9.59 Å². The lowest BCUT2D eigenvalue weighted by atomic mass is 10.0. The molecular formula is C40H30N4O2. The summed E-state index contributed by atoms with van der Waals surface area (Å²) in [6.07, 6.45) is 16.1. The highest BCUT2D eigenvalue weighted by Gasteiger charge is 2.16. The average Bonchev–Trinajstić information content (AvgIpc) is 3.89. The summed E-state index contributed by atoms with van der Waals surface area (Å²) in [5.74, 6) is 0. The third kappa shape index (κ3) is 5.37. The Kier molecular flexibility index (Phi) is 7.53. The van der Waals surface area contributed by atoms with E-state index in [1.54, 1.807) is 12.2 Å². The van der Waals surface area contributed by atoms with E-state index in [-0.39, 0.29) is 0 Å². The molecule has 6 nitrogen and oxygen atoms in total. The molecule has 5 heterocycles. The maximum absolute atomic E-state index is 11.5. The van der Waals surface area contributed by atoms with Gasteiger partial charge in [-0.2, -0.15) is 0 Å². The first-order valence-electron chi connectivity index (χ1n) is 15.1. The number of aromatic amines is 2. The standard InChI is InChI=1S/C40H30N4O2/c1-25-7-11-27(12-8-25)39-35-19-15-31(41-35)29(5-3-23-45)33-17-21-37(43-33)40(28-13-9-26(2)10-14-28)38-22-18-34(44-38)30(6-4-24-46)32-16-20-36(39)42-32/h3-24,41,44H,1-2H3/b5-3+,6-4+,31-29?,32-30?,33-29?,34-30?,39-35?,39-36?,40-37?,40-38?. The fourth-order valence-electron chi connectivity index (χ4n) is 5.92. The highest BCUT2D eigenvalue weighted by atomic mass is 16.1. The maximum atomic E-state index is 11.5. The molecule has 222 valence electrons. The van der Waals surface area contributed by atoms with Gasteiger partial charge in [-0.05, 0) is 97.8 Å². The van der Waals surface area contributed by atoms with Crippen LogP contribution in [-0.4, -0.2) is 32.5 Å². The first-order chi connectivity index (χ1) is 22.5. The van der Waals surface area contributed by atoms with E-state index in [0.29, 0.717) is 0 Å². The molecule has 0 saturated heterocycles. The van der Waals surface area contributed by atoms with Gasteiger partial charge < -0.3 is 9.97 Å². The normalized spacial score (nSPS) is 12.4. The van der Waals surface area contributed by atoms with Crippen LogP contribution >= 0.6 is 0 Å². The molecule has 5 aromatic rings. The molecule has 0 saturated carbocycles. The SMILES string of the molecule is Cc1ccc(-c2c3nc(c(/C=C/C=O)c4ccc([nH]4)c(-c4ccc(C)cc4)c4nc(c(/C=C/C=O)c5ccc2[nH]5)C=C4)C=C3)cc1. The Hall–Kier alpha value is -6.14. The molecule has 2 aromatic carbocycles. The van der Waals surface area contributed by atoms with Gasteiger partial charge in [0.25, 0.3) is 0 Å². The number of aromatic nitrogens is 4. The number of hydrogen-bond acceptors (Lipinski definition) is 4. The number of hydrogen-bond donors (Lipinski definition) is 2. The number of fused-ring (bicyclic) bond motifs is 8. The molecule has 8 bridgehead atoms. The molecule has 0 atom stereocenters. The van der Waals surface area contributed by atoms with Gasteiger partial charge in [0.2, 0.25) is 0 Å². The van der Waals surface area contributed by atoms with Crippen molar-refractivity contribution in [2.75, 3.05) is 0 Å². The molecule has 7 rings (SSSR count). The van der Waals surface area contributed by atoms with Gasteiger partial charge in [-0.15, -0.1) is 0 Å². The monoisotopic (exact) mass is 598 g/mol. The summed E-state index contributed by atoms with van der Waals surface area (Å²) >= 11 is 0. The van der Waals surface area contributed by atoms with Crippen molar-refractivity contribution in [3.8, 4) is 22.3 Å². The van der Waals surface area contributed by atoms with E-state index in [2.05, 4.69) is 72.3 Å². The molecule has 0 radical (unpaired) electrons. The molecule has 2 aliphatic heterocycles. The largest absolute Gasteiger partial charge is 0.354 e. The summed E-state index contributed by atoms with van der Waals surface area (Å²) in [5, 5.41) is 0. The molecule has 0 spiro atoms. The molecule has 6 heteroatoms. The van der Waals surface area contributed by atoms with Gasteiger partial charge in [0.15, 0.2) is 0 Å². The predicted molar refractivity (Wildman–Crippen MR) is 189 cm³/mol. The topological polar surface area (TPSA) is 91.5 Å². The second-order valence-corrected chi connectivity index (χ2v) is 11.3. The van der Waals surface area contributed by atoms with E-state index in [0.717, 1.165) is 102 Å². The lowest BCUT2D eigenvalue weighted by molar-refractivity contribution is -0.104. The highest BCUT2D eigenvalue weighted by Crippen LogP contribution is 2.35. The number of nitrogens with zero attached hydrogens (tertiary/aromatic N) is 2. The van der Waals surface area contributed by atoms with Crippen LogP contribution in [0.3, 0.4) is 0 Å². The van der Waals surface area contributed by atoms with Crippen molar-refractivity contribution in [2.45, 2.75) is 13.8 Å². The lowest BCUT2D eigenvalue weighted by Crippen LogP contribution is -1.89. The van der Waals surface area contributed by atoms with Crippen LogP contribution in [0.2, 0.25) is 0 Å². The number of nitrogens with one attached hydrogen (secondary N) is 2. The number of rotatable bonds is 6. The maximum Gasteiger partial charge on any atom is 0.142 e. The van der Waals surface area contributed by atoms with Crippen molar-refractivity contribution >= 4 is 71.1 Å². The second-order valence-electron chi connectivity index (χ2n) is 11.3. The van der Waals surface area contributed by atoms with Crippen LogP contribution in [0.1, 0.15) is 45.0 Å². The molecule has 2 aliphatic rings. The number of aldehydes is 2. The number of benzene rings is 2. The minimum absolute atomic E-state index is 0.733. The Balaban J connectivity index is 1.67. The quantitative estimate of drug-likeness (QED) is 0.148. The second kappa shape index (κ2) is 12.1. The fourth-order valence-corrected chi connectivity index (χ4v) is 5.92. The Bertz CT molecular complexity index is 2130. The van der Waals surface area contributed by atoms with Crippen LogP contribution in [0.25, 0.3) is 80.8 Å². The van der Waals surface area contributed by atoms with E-state index in [4.69, 9.17) is 9.97 Å². The number of carbonyl (C=O) groups is 2. The van der Waals surface area contributed by atoms with Crippen molar-refractivity contribution in [1.82, 2.24) is 19.9 Å². The van der Waals surface area contributed by atoms with Gasteiger partial charge in [0, 0.05) is 44.3 Å². The predicted octanol–water partition coefficient (Wildman–Crippen LogP) is 9.03. The molecule has 0 unspecified atom stereocenters. The molecule has 0 aliphatic carbocycles. The minimum Gasteiger partial charge on any atom is -0.354 e. The molecule has 0 fully saturated rings. The van der Waals surface area contributed by atoms with E-state index in [1.165, 1.54) is 12.2 Å². The van der Waals surface area contributed by atoms with Crippen molar-refractivity contribution in [3.05, 3.63) is 130 Å². The van der Waals surface area contributed by atoms with Crippen LogP contribution in [-0.2, 0) is 9.59 Å². The molecule has 46 heavy (non-hydrogen) atoms. The minimum atomic E-state index is 0.733. The van der Waals surface area contributed by atoms with Crippen molar-refractivity contribution in [3.63, 3.8) is 0 Å². The summed E-state index contributed by atoms with van der Waals surface area (Å²) in [6, 6.07) is 24.8. The van der Waals surface area contributed by atoms with E-state index < -0.39 is 0 Å². The Morgan fingerprint density at radius 3 is 1.24 bits per heavy atom. The Morgan fingerprint density at radius 2 is 0.848 bits per heavy atom. The van der Waals surface area contributed by atoms with Crippen molar-refractivity contribution in [1.29, 1.82) is 0 Å². The highest BCUT2D eigenvalue weighted by molar-refractivity contribution is 5.97. The van der Waals surface area contributed by atoms with E-state index in [1.807, 2.05) is 48.6 Å². The zero-order valence-corrected chi connectivity index (χ0v) is 25.4. The summed E-state index contributed by atoms with van der Waals surface area (Å²) in [5.41, 5.74) is 14.2. The fraction of sp³-hybridized carbons (Fsp3) is 0.0500. The summed E-state index contributed by atoms with van der Waals surface area (Å²) in [7, 11) is 0. The molecule has 2 N–H and O–H groups in total. The summed E-state index contributed by atoms with van der Waals surface area (Å²) in [6.45, 7) is 4.13. The van der Waals surface area contributed by atoms with Crippen LogP contribution in [0, 0.1) is 13.8 Å². The smallest absolute Gasteiger partial charge is 0.142 e. The molecule has 0 amide bonds. The lowest BCUT2D eigenvalue weighted by Gasteiger charge is -2.05. The van der Waals surface area contributed by atoms with Gasteiger partial charge in [0.1, 0.15) is 12.6 Å². The number of allylic oxidation sites excluding steroid dienone is 2. The van der Waals surface area contributed by atoms with E-state index >= 15 is 0 Å². The Labute approximate surface area is 266 Å². The van der Waals surface area contributed by atoms with Gasteiger partial charge in [-0.1, -0.05) is 59.7 Å². The average molecular weight is 599 g/mol. The first-order valence-corrected chi connectivity index (χ1v) is 15.1. The van der Waals surface area contributed by atoms with Gasteiger partial charge in [-0.25, -0.2) is 9.97 Å². The van der Waals surface area contributed by atoms with Crippen LogP contribution in [0.4, 0.5) is 0 Å². The van der Waals surface area contributed by atoms with E-state index in [9.17, 15) is 9.59 Å². The number of H-pyrrole nitrogens is 2. The van der Waals surface area contributed by atoms with Crippen LogP contribution in [0.5, 0.6) is 0 Å². The zero-order chi connectivity index (χ0) is 31.6. The third-order valence-electron chi connectivity index (χ3n) is 8.20. The van der Waals surface area contributed by atoms with Crippen molar-refractivity contribution < 1.29 is 9.59 Å². The van der Waals surface area contributed by atoms with Crippen LogP contribution in [0.15, 0.2) is 84.9 Å². The van der Waals surface area contributed by atoms with Gasteiger partial charge in [0.05, 0.1) is 22.8 Å². The first kappa shape index (κ1) is 28.6. The molecular weight excluding hydrogens is 568 g/mol. The number of carbonyl (C=O) groups excluding carboxylic acids is 2. The third-order valence-corrected chi connectivity index (χ3v) is 8.20. The zero-order valence-electron chi connectivity index (χ0n) is 25.4. The summed E-state index contributed by atoms with van der Waals surface area (Å²) in [4.78, 5) is 40.4. The Morgan fingerprint density at radius 1 is 0.478 bits per heavy atom.